The first-order chi connectivity index (χ1) is 13.5. The Morgan fingerprint density at radius 2 is 1.79 bits per heavy atom. The summed E-state index contributed by atoms with van der Waals surface area (Å²) >= 11 is 0. The fourth-order valence-corrected chi connectivity index (χ4v) is 4.30. The fourth-order valence-electron chi connectivity index (χ4n) is 2.97. The lowest BCUT2D eigenvalue weighted by Gasteiger charge is -2.35. The van der Waals surface area contributed by atoms with Crippen molar-refractivity contribution in [3.8, 4) is 6.07 Å². The van der Waals surface area contributed by atoms with Gasteiger partial charge < -0.3 is 15.1 Å². The highest BCUT2D eigenvalue weighted by atomic mass is 32.2. The van der Waals surface area contributed by atoms with Gasteiger partial charge in [0.15, 0.2) is 5.76 Å². The molecular weight excluding hydrogens is 413 g/mol. The van der Waals surface area contributed by atoms with Crippen LogP contribution in [0.15, 0.2) is 39.8 Å². The highest BCUT2D eigenvalue weighted by molar-refractivity contribution is 7.89. The maximum absolute atomic E-state index is 12.8. The van der Waals surface area contributed by atoms with Gasteiger partial charge in [0.25, 0.3) is 15.9 Å². The van der Waals surface area contributed by atoms with Crippen molar-refractivity contribution in [3.63, 3.8) is 0 Å². The van der Waals surface area contributed by atoms with Crippen molar-refractivity contribution >= 4 is 21.6 Å². The molecular formula is C17H15F3N4O4S. The van der Waals surface area contributed by atoms with Crippen LogP contribution in [0.1, 0.15) is 21.7 Å². The summed E-state index contributed by atoms with van der Waals surface area (Å²) < 4.78 is 69.9. The second kappa shape index (κ2) is 7.41. The number of nitrogens with zero attached hydrogens (tertiary/aromatic N) is 3. The molecule has 29 heavy (non-hydrogen) atoms. The molecule has 2 N–H and O–H groups in total. The number of hydrogen-bond donors (Lipinski definition) is 1. The molecule has 1 amide bonds. The Kier molecular flexibility index (Phi) is 5.29. The van der Waals surface area contributed by atoms with E-state index in [0.29, 0.717) is 5.69 Å². The van der Waals surface area contributed by atoms with Crippen LogP contribution in [0.25, 0.3) is 0 Å². The molecule has 0 unspecified atom stereocenters. The van der Waals surface area contributed by atoms with Crippen molar-refractivity contribution in [2.75, 3.05) is 31.1 Å². The Morgan fingerprint density at radius 3 is 2.31 bits per heavy atom. The van der Waals surface area contributed by atoms with Crippen LogP contribution in [-0.2, 0) is 16.2 Å². The Bertz CT molecular complexity index is 1080. The lowest BCUT2D eigenvalue weighted by molar-refractivity contribution is -0.137. The standard InChI is InChI=1S/C17H15F3N4O4S/c18-17(19,20)12-1-2-13(11(9-12)10-21)23-5-7-24(8-6-23)29(26,27)15-4-3-14(28-15)16(22)25/h1-4,9H,5-8H2,(H2,22,25). The molecule has 1 aromatic heterocycles. The molecule has 1 saturated heterocycles. The summed E-state index contributed by atoms with van der Waals surface area (Å²) in [5.74, 6) is -1.19. The summed E-state index contributed by atoms with van der Waals surface area (Å²) in [5.41, 5.74) is 4.28. The Morgan fingerprint density at radius 1 is 1.14 bits per heavy atom. The van der Waals surface area contributed by atoms with E-state index in [1.807, 2.05) is 0 Å². The van der Waals surface area contributed by atoms with E-state index in [1.165, 1.54) is 6.07 Å². The summed E-state index contributed by atoms with van der Waals surface area (Å²) in [6.07, 6.45) is -4.57. The van der Waals surface area contributed by atoms with Crippen molar-refractivity contribution in [3.05, 3.63) is 47.2 Å². The number of rotatable bonds is 4. The number of primary amides is 1. The van der Waals surface area contributed by atoms with Crippen LogP contribution in [0, 0.1) is 11.3 Å². The van der Waals surface area contributed by atoms with E-state index >= 15 is 0 Å². The molecule has 1 aliphatic heterocycles. The van der Waals surface area contributed by atoms with Gasteiger partial charge in [0.05, 0.1) is 16.8 Å². The van der Waals surface area contributed by atoms with E-state index in [1.54, 1.807) is 11.0 Å². The molecule has 0 atom stereocenters. The van der Waals surface area contributed by atoms with Crippen molar-refractivity contribution in [2.45, 2.75) is 11.3 Å². The lowest BCUT2D eigenvalue weighted by Crippen LogP contribution is -2.48. The number of carbonyl (C=O) groups is 1. The van der Waals surface area contributed by atoms with Crippen LogP contribution in [0.2, 0.25) is 0 Å². The van der Waals surface area contributed by atoms with Gasteiger partial charge in [-0.15, -0.1) is 0 Å². The molecule has 0 radical (unpaired) electrons. The average molecular weight is 428 g/mol. The first-order valence-electron chi connectivity index (χ1n) is 8.30. The quantitative estimate of drug-likeness (QED) is 0.793. The van der Waals surface area contributed by atoms with E-state index in [0.717, 1.165) is 28.6 Å². The molecule has 0 bridgehead atoms. The second-order valence-corrected chi connectivity index (χ2v) is 8.08. The lowest BCUT2D eigenvalue weighted by atomic mass is 10.1. The van der Waals surface area contributed by atoms with Gasteiger partial charge >= 0.3 is 6.18 Å². The van der Waals surface area contributed by atoms with Crippen LogP contribution < -0.4 is 10.6 Å². The zero-order valence-electron chi connectivity index (χ0n) is 14.8. The number of nitriles is 1. The number of amides is 1. The topological polar surface area (TPSA) is 121 Å². The number of halogens is 3. The summed E-state index contributed by atoms with van der Waals surface area (Å²) in [4.78, 5) is 12.7. The molecule has 0 saturated carbocycles. The zero-order valence-corrected chi connectivity index (χ0v) is 15.6. The number of hydrogen-bond acceptors (Lipinski definition) is 6. The molecule has 8 nitrogen and oxygen atoms in total. The number of alkyl halides is 3. The minimum absolute atomic E-state index is 0.0147. The van der Waals surface area contributed by atoms with Gasteiger partial charge in [0, 0.05) is 26.2 Å². The monoisotopic (exact) mass is 428 g/mol. The Hall–Kier alpha value is -3.04. The average Bonchev–Trinajstić information content (AvgIpc) is 3.18. The largest absolute Gasteiger partial charge is 0.438 e. The van der Waals surface area contributed by atoms with Crippen molar-refractivity contribution in [1.82, 2.24) is 4.31 Å². The van der Waals surface area contributed by atoms with Crippen molar-refractivity contribution < 1.29 is 30.8 Å². The Balaban J connectivity index is 1.77. The van der Waals surface area contributed by atoms with E-state index in [4.69, 9.17) is 10.2 Å². The predicted octanol–water partition coefficient (Wildman–Crippen LogP) is 1.78. The third-order valence-corrected chi connectivity index (χ3v) is 6.21. The van der Waals surface area contributed by atoms with E-state index in [9.17, 15) is 31.6 Å². The Labute approximate surface area is 164 Å². The molecule has 0 spiro atoms. The first kappa shape index (κ1) is 20.7. The van der Waals surface area contributed by atoms with Gasteiger partial charge in [-0.25, -0.2) is 8.42 Å². The fraction of sp³-hybridized carbons (Fsp3) is 0.294. The molecule has 1 aromatic carbocycles. The predicted molar refractivity (Wildman–Crippen MR) is 94.4 cm³/mol. The van der Waals surface area contributed by atoms with Gasteiger partial charge in [-0.2, -0.15) is 22.7 Å². The van der Waals surface area contributed by atoms with E-state index in [2.05, 4.69) is 0 Å². The molecule has 1 fully saturated rings. The van der Waals surface area contributed by atoms with Gasteiger partial charge in [0.2, 0.25) is 5.09 Å². The highest BCUT2D eigenvalue weighted by Gasteiger charge is 2.34. The van der Waals surface area contributed by atoms with Crippen LogP contribution in [-0.4, -0.2) is 44.8 Å². The van der Waals surface area contributed by atoms with Gasteiger partial charge in [0.1, 0.15) is 6.07 Å². The third-order valence-electron chi connectivity index (χ3n) is 4.44. The number of benzene rings is 1. The van der Waals surface area contributed by atoms with Gasteiger partial charge in [-0.3, -0.25) is 4.79 Å². The zero-order chi connectivity index (χ0) is 21.4. The minimum Gasteiger partial charge on any atom is -0.438 e. The van der Waals surface area contributed by atoms with Crippen molar-refractivity contribution in [1.29, 1.82) is 5.26 Å². The third kappa shape index (κ3) is 4.06. The number of piperazine rings is 1. The number of nitrogens with two attached hydrogens (primary N) is 1. The molecule has 2 aromatic rings. The number of anilines is 1. The summed E-state index contributed by atoms with van der Waals surface area (Å²) in [7, 11) is -4.00. The summed E-state index contributed by atoms with van der Waals surface area (Å²) in [5, 5.41) is 8.79. The normalized spacial score (nSPS) is 15.9. The number of carbonyl (C=O) groups excluding carboxylic acids is 1. The SMILES string of the molecule is N#Cc1cc(C(F)(F)F)ccc1N1CCN(S(=O)(=O)c2ccc(C(N)=O)o2)CC1. The van der Waals surface area contributed by atoms with Gasteiger partial charge in [-0.1, -0.05) is 0 Å². The second-order valence-electron chi connectivity index (χ2n) is 6.22. The molecule has 3 rings (SSSR count). The van der Waals surface area contributed by atoms with E-state index < -0.39 is 32.8 Å². The van der Waals surface area contributed by atoms with Crippen LogP contribution in [0.3, 0.4) is 0 Å². The highest BCUT2D eigenvalue weighted by Crippen LogP contribution is 2.33. The molecule has 154 valence electrons. The van der Waals surface area contributed by atoms with Crippen LogP contribution >= 0.6 is 0 Å². The van der Waals surface area contributed by atoms with Crippen molar-refractivity contribution in [2.24, 2.45) is 5.73 Å². The molecule has 12 heteroatoms. The van der Waals surface area contributed by atoms with Crippen LogP contribution in [0.4, 0.5) is 18.9 Å². The van der Waals surface area contributed by atoms with E-state index in [-0.39, 0.29) is 37.5 Å². The van der Waals surface area contributed by atoms with Crippen LogP contribution in [0.5, 0.6) is 0 Å². The maximum Gasteiger partial charge on any atom is 0.416 e. The number of sulfonamides is 1. The first-order valence-corrected chi connectivity index (χ1v) is 9.74. The maximum atomic E-state index is 12.8. The number of furan rings is 1. The summed E-state index contributed by atoms with van der Waals surface area (Å²) in [6.45, 7) is 0.340. The smallest absolute Gasteiger partial charge is 0.416 e. The molecule has 0 aliphatic carbocycles. The molecule has 1 aliphatic rings. The minimum atomic E-state index is -4.57. The van der Waals surface area contributed by atoms with Gasteiger partial charge in [-0.05, 0) is 30.3 Å². The molecule has 2 heterocycles. The summed E-state index contributed by atoms with van der Waals surface area (Å²) in [6, 6.07) is 6.90.